The number of ketones is 1. The molecule has 9 heteroatoms. The highest BCUT2D eigenvalue weighted by Gasteiger charge is 2.22. The van der Waals surface area contributed by atoms with E-state index in [1.54, 1.807) is 12.3 Å². The number of aromatic nitrogens is 2. The van der Waals surface area contributed by atoms with Gasteiger partial charge in [-0.1, -0.05) is 30.1 Å². The third-order valence-corrected chi connectivity index (χ3v) is 8.00. The summed E-state index contributed by atoms with van der Waals surface area (Å²) < 4.78 is 6.23. The molecule has 212 valence electrons. The molecule has 0 atom stereocenters. The Bertz CT molecular complexity index is 1270. The standard InChI is InChI=1S/C31H37Cl2N5O2/c1-2-3-27(39)14-22-6-10-37(11-7-22)21-23-15-29(24-17-25(32)19-26(33)18-24)36-31(16-23)40-28-4-5-30(35-20-28)38-12-8-34-9-13-38/h4-5,15-20,22,34H,2-3,6-14,21H2,1H3. The summed E-state index contributed by atoms with van der Waals surface area (Å²) in [5.41, 5.74) is 2.69. The van der Waals surface area contributed by atoms with E-state index in [1.807, 2.05) is 30.3 Å². The minimum Gasteiger partial charge on any atom is -0.437 e. The Kier molecular flexibility index (Phi) is 9.92. The van der Waals surface area contributed by atoms with E-state index in [9.17, 15) is 4.79 Å². The molecule has 0 bridgehead atoms. The first-order chi connectivity index (χ1) is 19.4. The van der Waals surface area contributed by atoms with Gasteiger partial charge in [0, 0.05) is 67.2 Å². The third-order valence-electron chi connectivity index (χ3n) is 7.56. The fourth-order valence-corrected chi connectivity index (χ4v) is 6.02. The van der Waals surface area contributed by atoms with Crippen molar-refractivity contribution in [1.82, 2.24) is 20.2 Å². The van der Waals surface area contributed by atoms with E-state index in [4.69, 9.17) is 32.9 Å². The lowest BCUT2D eigenvalue weighted by Crippen LogP contribution is -2.43. The summed E-state index contributed by atoms with van der Waals surface area (Å²) in [6, 6.07) is 13.5. The van der Waals surface area contributed by atoms with Crippen molar-refractivity contribution in [2.24, 2.45) is 5.92 Å². The van der Waals surface area contributed by atoms with Gasteiger partial charge in [-0.2, -0.15) is 0 Å². The summed E-state index contributed by atoms with van der Waals surface area (Å²) in [5.74, 6) is 2.98. The van der Waals surface area contributed by atoms with Crippen molar-refractivity contribution in [3.8, 4) is 22.9 Å². The van der Waals surface area contributed by atoms with Gasteiger partial charge < -0.3 is 15.0 Å². The summed E-state index contributed by atoms with van der Waals surface area (Å²) >= 11 is 12.6. The van der Waals surface area contributed by atoms with Crippen LogP contribution < -0.4 is 15.0 Å². The summed E-state index contributed by atoms with van der Waals surface area (Å²) in [5, 5.41) is 4.49. The number of piperazine rings is 1. The summed E-state index contributed by atoms with van der Waals surface area (Å²) in [7, 11) is 0. The lowest BCUT2D eigenvalue weighted by molar-refractivity contribution is -0.120. The van der Waals surface area contributed by atoms with E-state index in [-0.39, 0.29) is 0 Å². The van der Waals surface area contributed by atoms with Gasteiger partial charge in [0.2, 0.25) is 5.88 Å². The number of halogens is 2. The van der Waals surface area contributed by atoms with Crippen LogP contribution in [-0.4, -0.2) is 59.9 Å². The fraction of sp³-hybridized carbons (Fsp3) is 0.452. The van der Waals surface area contributed by atoms with E-state index in [0.29, 0.717) is 39.8 Å². The van der Waals surface area contributed by atoms with Gasteiger partial charge in [0.25, 0.3) is 0 Å². The second kappa shape index (κ2) is 13.8. The second-order valence-electron chi connectivity index (χ2n) is 10.8. The fourth-order valence-electron chi connectivity index (χ4n) is 5.50. The maximum atomic E-state index is 12.1. The molecule has 0 amide bonds. The molecule has 0 spiro atoms. The quantitative estimate of drug-likeness (QED) is 0.288. The summed E-state index contributed by atoms with van der Waals surface area (Å²) in [4.78, 5) is 26.3. The molecule has 0 unspecified atom stereocenters. The number of ether oxygens (including phenoxy) is 1. The molecule has 2 aromatic heterocycles. The largest absolute Gasteiger partial charge is 0.437 e. The average Bonchev–Trinajstić information content (AvgIpc) is 2.94. The van der Waals surface area contributed by atoms with E-state index < -0.39 is 0 Å². The van der Waals surface area contributed by atoms with E-state index >= 15 is 0 Å². The third kappa shape index (κ3) is 7.94. The maximum absolute atomic E-state index is 12.1. The molecule has 3 aromatic rings. The van der Waals surface area contributed by atoms with Crippen LogP contribution in [-0.2, 0) is 11.3 Å². The lowest BCUT2D eigenvalue weighted by Gasteiger charge is -2.31. The first-order valence-electron chi connectivity index (χ1n) is 14.3. The molecular formula is C31H37Cl2N5O2. The highest BCUT2D eigenvalue weighted by molar-refractivity contribution is 6.35. The number of piperidine rings is 1. The van der Waals surface area contributed by atoms with Crippen molar-refractivity contribution in [1.29, 1.82) is 0 Å². The van der Waals surface area contributed by atoms with Gasteiger partial charge in [-0.05, 0) is 80.2 Å². The average molecular weight is 583 g/mol. The Labute approximate surface area is 246 Å². The van der Waals surface area contributed by atoms with E-state index in [2.05, 4.69) is 33.1 Å². The predicted molar refractivity (Wildman–Crippen MR) is 162 cm³/mol. The molecule has 2 aliphatic heterocycles. The number of pyridine rings is 2. The van der Waals surface area contributed by atoms with Gasteiger partial charge in [0.1, 0.15) is 17.4 Å². The summed E-state index contributed by atoms with van der Waals surface area (Å²) in [6.45, 7) is 8.58. The molecule has 0 aliphatic carbocycles. The predicted octanol–water partition coefficient (Wildman–Crippen LogP) is 6.62. The normalized spacial score (nSPS) is 16.7. The van der Waals surface area contributed by atoms with Crippen LogP contribution in [0.15, 0.2) is 48.7 Å². The van der Waals surface area contributed by atoms with Crippen LogP contribution in [0, 0.1) is 5.92 Å². The molecule has 4 heterocycles. The molecule has 0 saturated carbocycles. The Morgan fingerprint density at radius 2 is 1.77 bits per heavy atom. The zero-order valence-corrected chi connectivity index (χ0v) is 24.6. The van der Waals surface area contributed by atoms with E-state index in [1.165, 1.54) is 0 Å². The monoisotopic (exact) mass is 581 g/mol. The van der Waals surface area contributed by atoms with Crippen molar-refractivity contribution in [3.05, 3.63) is 64.3 Å². The van der Waals surface area contributed by atoms with Crippen LogP contribution >= 0.6 is 23.2 Å². The van der Waals surface area contributed by atoms with Crippen LogP contribution in [0.2, 0.25) is 10.0 Å². The van der Waals surface area contributed by atoms with Crippen molar-refractivity contribution in [2.45, 2.75) is 45.6 Å². The number of carbonyl (C=O) groups is 1. The smallest absolute Gasteiger partial charge is 0.220 e. The van der Waals surface area contributed by atoms with Crippen LogP contribution in [0.3, 0.4) is 0 Å². The Balaban J connectivity index is 1.32. The van der Waals surface area contributed by atoms with Crippen LogP contribution in [0.4, 0.5) is 5.82 Å². The Morgan fingerprint density at radius 3 is 2.45 bits per heavy atom. The van der Waals surface area contributed by atoms with Gasteiger partial charge in [-0.3, -0.25) is 9.69 Å². The molecular weight excluding hydrogens is 545 g/mol. The molecule has 7 nitrogen and oxygen atoms in total. The number of anilines is 1. The van der Waals surface area contributed by atoms with Crippen molar-refractivity contribution in [3.63, 3.8) is 0 Å². The van der Waals surface area contributed by atoms with Gasteiger partial charge in [-0.15, -0.1) is 0 Å². The van der Waals surface area contributed by atoms with Gasteiger partial charge in [0.05, 0.1) is 11.9 Å². The first kappa shape index (κ1) is 28.8. The number of nitrogens with one attached hydrogen (secondary N) is 1. The second-order valence-corrected chi connectivity index (χ2v) is 11.6. The Hall–Kier alpha value is -2.71. The maximum Gasteiger partial charge on any atom is 0.220 e. The number of likely N-dealkylation sites (tertiary alicyclic amines) is 1. The number of nitrogens with zero attached hydrogens (tertiary/aromatic N) is 4. The van der Waals surface area contributed by atoms with Crippen molar-refractivity contribution in [2.75, 3.05) is 44.2 Å². The molecule has 1 N–H and O–H groups in total. The molecule has 2 saturated heterocycles. The molecule has 5 rings (SSSR count). The number of hydrogen-bond donors (Lipinski definition) is 1. The molecule has 1 aromatic carbocycles. The number of hydrogen-bond acceptors (Lipinski definition) is 7. The highest BCUT2D eigenvalue weighted by atomic mass is 35.5. The molecule has 2 fully saturated rings. The van der Waals surface area contributed by atoms with Crippen LogP contribution in [0.1, 0.15) is 44.6 Å². The molecule has 0 radical (unpaired) electrons. The first-order valence-corrected chi connectivity index (χ1v) is 15.0. The van der Waals surface area contributed by atoms with Crippen molar-refractivity contribution < 1.29 is 9.53 Å². The number of Topliss-reactive ketones (excluding diaryl/α,β-unsaturated/α-hetero) is 1. The number of carbonyl (C=O) groups excluding carboxylic acids is 1. The van der Waals surface area contributed by atoms with Crippen molar-refractivity contribution >= 4 is 34.8 Å². The Morgan fingerprint density at radius 1 is 1.02 bits per heavy atom. The minimum absolute atomic E-state index is 0.400. The van der Waals surface area contributed by atoms with E-state index in [0.717, 1.165) is 94.1 Å². The lowest BCUT2D eigenvalue weighted by atomic mass is 9.90. The number of rotatable bonds is 10. The highest BCUT2D eigenvalue weighted by Crippen LogP contribution is 2.31. The number of benzene rings is 1. The summed E-state index contributed by atoms with van der Waals surface area (Å²) in [6.07, 6.45) is 6.20. The van der Waals surface area contributed by atoms with Gasteiger partial charge in [-0.25, -0.2) is 9.97 Å². The van der Waals surface area contributed by atoms with Crippen LogP contribution in [0.5, 0.6) is 11.6 Å². The topological polar surface area (TPSA) is 70.6 Å². The SMILES string of the molecule is CCCC(=O)CC1CCN(Cc2cc(Oc3ccc(N4CCNCC4)nc3)nc(-c3cc(Cl)cc(Cl)c3)c2)CC1. The molecule has 40 heavy (non-hydrogen) atoms. The van der Waals surface area contributed by atoms with Gasteiger partial charge >= 0.3 is 0 Å². The minimum atomic E-state index is 0.400. The van der Waals surface area contributed by atoms with Crippen LogP contribution in [0.25, 0.3) is 11.3 Å². The zero-order chi connectivity index (χ0) is 27.9. The van der Waals surface area contributed by atoms with Gasteiger partial charge in [0.15, 0.2) is 0 Å². The molecule has 2 aliphatic rings. The zero-order valence-electron chi connectivity index (χ0n) is 23.0.